The molecule has 1 aliphatic rings. The summed E-state index contributed by atoms with van der Waals surface area (Å²) in [7, 11) is 0. The van der Waals surface area contributed by atoms with Crippen molar-refractivity contribution in [3.05, 3.63) is 78.4 Å². The van der Waals surface area contributed by atoms with Crippen molar-refractivity contribution in [1.82, 2.24) is 0 Å². The lowest BCUT2D eigenvalue weighted by atomic mass is 10.2. The maximum Gasteiger partial charge on any atom is 0.387 e. The molecule has 3 aromatic carbocycles. The number of hydrogen-bond acceptors (Lipinski definition) is 5. The second kappa shape index (κ2) is 8.54. The van der Waals surface area contributed by atoms with Crippen LogP contribution in [0.4, 0.5) is 20.2 Å². The Bertz CT molecular complexity index is 1060. The van der Waals surface area contributed by atoms with Gasteiger partial charge in [-0.25, -0.2) is 4.79 Å². The number of halogens is 2. The third kappa shape index (κ3) is 4.13. The van der Waals surface area contributed by atoms with E-state index in [-0.39, 0.29) is 11.3 Å². The molecular weight excluding hydrogens is 412 g/mol. The number of para-hydroxylation sites is 2. The molecule has 3 aromatic rings. The molecule has 8 heteroatoms. The zero-order valence-electron chi connectivity index (χ0n) is 15.5. The fourth-order valence-corrected chi connectivity index (χ4v) is 4.11. The van der Waals surface area contributed by atoms with E-state index >= 15 is 0 Å². The fourth-order valence-electron chi connectivity index (χ4n) is 3.05. The SMILES string of the molecule is O=C(OCC(=O)N1c2ccccc2Sc2ccccc21)c1cccc(OC(F)F)c1. The van der Waals surface area contributed by atoms with E-state index in [0.29, 0.717) is 11.4 Å². The molecule has 0 aromatic heterocycles. The Balaban J connectivity index is 1.52. The predicted octanol–water partition coefficient (Wildman–Crippen LogP) is 5.27. The summed E-state index contributed by atoms with van der Waals surface area (Å²) in [5.74, 6) is -1.40. The Morgan fingerprint density at radius 3 is 2.17 bits per heavy atom. The first-order valence-corrected chi connectivity index (χ1v) is 9.75. The minimum absolute atomic E-state index is 0.0101. The van der Waals surface area contributed by atoms with Crippen LogP contribution in [0, 0.1) is 0 Å². The van der Waals surface area contributed by atoms with Gasteiger partial charge in [0.05, 0.1) is 16.9 Å². The monoisotopic (exact) mass is 427 g/mol. The number of carbonyl (C=O) groups is 2. The highest BCUT2D eigenvalue weighted by Gasteiger charge is 2.28. The molecule has 1 amide bonds. The van der Waals surface area contributed by atoms with Gasteiger partial charge in [0.1, 0.15) is 5.75 Å². The van der Waals surface area contributed by atoms with Crippen molar-refractivity contribution in [3.8, 4) is 5.75 Å². The highest BCUT2D eigenvalue weighted by Crippen LogP contribution is 2.47. The Kier molecular flexibility index (Phi) is 5.67. The van der Waals surface area contributed by atoms with Crippen LogP contribution in [-0.2, 0) is 9.53 Å². The molecule has 0 saturated carbocycles. The van der Waals surface area contributed by atoms with E-state index in [2.05, 4.69) is 4.74 Å². The highest BCUT2D eigenvalue weighted by molar-refractivity contribution is 7.99. The van der Waals surface area contributed by atoms with E-state index in [0.717, 1.165) is 15.9 Å². The molecule has 0 spiro atoms. The van der Waals surface area contributed by atoms with Crippen LogP contribution in [0.1, 0.15) is 10.4 Å². The predicted molar refractivity (Wildman–Crippen MR) is 108 cm³/mol. The Hall–Kier alpha value is -3.39. The summed E-state index contributed by atoms with van der Waals surface area (Å²) in [6.45, 7) is -3.51. The lowest BCUT2D eigenvalue weighted by molar-refractivity contribution is -0.121. The van der Waals surface area contributed by atoms with Gasteiger partial charge in [0.15, 0.2) is 6.61 Å². The second-order valence-electron chi connectivity index (χ2n) is 6.25. The van der Waals surface area contributed by atoms with Crippen LogP contribution in [0.25, 0.3) is 0 Å². The number of carbonyl (C=O) groups excluding carboxylic acids is 2. The lowest BCUT2D eigenvalue weighted by Gasteiger charge is -2.30. The van der Waals surface area contributed by atoms with Crippen LogP contribution in [0.3, 0.4) is 0 Å². The van der Waals surface area contributed by atoms with E-state index < -0.39 is 25.1 Å². The quantitative estimate of drug-likeness (QED) is 0.519. The second-order valence-corrected chi connectivity index (χ2v) is 7.33. The van der Waals surface area contributed by atoms with E-state index in [1.807, 2.05) is 48.5 Å². The van der Waals surface area contributed by atoms with Crippen molar-refractivity contribution in [2.75, 3.05) is 11.5 Å². The van der Waals surface area contributed by atoms with Crippen LogP contribution in [0.5, 0.6) is 5.75 Å². The lowest BCUT2D eigenvalue weighted by Crippen LogP contribution is -2.32. The zero-order chi connectivity index (χ0) is 21.1. The van der Waals surface area contributed by atoms with Gasteiger partial charge in [0.25, 0.3) is 5.91 Å². The van der Waals surface area contributed by atoms with Crippen molar-refractivity contribution in [1.29, 1.82) is 0 Å². The van der Waals surface area contributed by atoms with E-state index in [1.165, 1.54) is 23.1 Å². The van der Waals surface area contributed by atoms with Crippen molar-refractivity contribution >= 4 is 35.0 Å². The highest BCUT2D eigenvalue weighted by atomic mass is 32.2. The van der Waals surface area contributed by atoms with Gasteiger partial charge >= 0.3 is 12.6 Å². The molecule has 1 heterocycles. The molecule has 152 valence electrons. The minimum Gasteiger partial charge on any atom is -0.452 e. The molecule has 0 N–H and O–H groups in total. The topological polar surface area (TPSA) is 55.8 Å². The normalized spacial score (nSPS) is 12.2. The summed E-state index contributed by atoms with van der Waals surface area (Å²) < 4.78 is 34.2. The van der Waals surface area contributed by atoms with Crippen LogP contribution in [0.15, 0.2) is 82.6 Å². The number of benzene rings is 3. The molecule has 0 radical (unpaired) electrons. The molecule has 0 fully saturated rings. The average Bonchev–Trinajstić information content (AvgIpc) is 2.75. The molecule has 4 rings (SSSR count). The number of hydrogen-bond donors (Lipinski definition) is 0. The van der Waals surface area contributed by atoms with Crippen molar-refractivity contribution in [2.24, 2.45) is 0 Å². The Morgan fingerprint density at radius 2 is 1.53 bits per heavy atom. The van der Waals surface area contributed by atoms with Gasteiger partial charge in [-0.1, -0.05) is 42.1 Å². The summed E-state index contributed by atoms with van der Waals surface area (Å²) in [5.41, 5.74) is 1.42. The van der Waals surface area contributed by atoms with Gasteiger partial charge in [-0.3, -0.25) is 9.69 Å². The molecule has 0 atom stereocenters. The summed E-state index contributed by atoms with van der Waals surface area (Å²) in [5, 5.41) is 0. The number of alkyl halides is 2. The molecule has 0 saturated heterocycles. The molecule has 5 nitrogen and oxygen atoms in total. The van der Waals surface area contributed by atoms with Gasteiger partial charge in [-0.05, 0) is 42.5 Å². The molecule has 1 aliphatic heterocycles. The number of rotatable bonds is 5. The number of anilines is 2. The van der Waals surface area contributed by atoms with E-state index in [4.69, 9.17) is 4.74 Å². The van der Waals surface area contributed by atoms with Crippen LogP contribution >= 0.6 is 11.8 Å². The molecule has 0 unspecified atom stereocenters. The smallest absolute Gasteiger partial charge is 0.387 e. The number of nitrogens with zero attached hydrogens (tertiary/aromatic N) is 1. The maximum atomic E-state index is 13.0. The van der Waals surface area contributed by atoms with Crippen LogP contribution < -0.4 is 9.64 Å². The summed E-state index contributed by atoms with van der Waals surface area (Å²) >= 11 is 1.55. The first-order chi connectivity index (χ1) is 14.5. The van der Waals surface area contributed by atoms with Crippen molar-refractivity contribution < 1.29 is 27.8 Å². The Labute approximate surface area is 175 Å². The standard InChI is InChI=1S/C22H15F2NO4S/c23-22(24)29-15-7-5-6-14(12-15)21(27)28-13-20(26)25-16-8-1-3-10-18(16)30-19-11-4-2-9-17(19)25/h1-12,22H,13H2. The molecular formula is C22H15F2NO4S. The average molecular weight is 427 g/mol. The van der Waals surface area contributed by atoms with E-state index in [9.17, 15) is 18.4 Å². The van der Waals surface area contributed by atoms with Gasteiger partial charge in [0.2, 0.25) is 0 Å². The van der Waals surface area contributed by atoms with Gasteiger partial charge in [-0.2, -0.15) is 8.78 Å². The third-order valence-electron chi connectivity index (χ3n) is 4.30. The van der Waals surface area contributed by atoms with E-state index in [1.54, 1.807) is 11.8 Å². The summed E-state index contributed by atoms with van der Waals surface area (Å²) in [4.78, 5) is 28.6. The number of amides is 1. The Morgan fingerprint density at radius 1 is 0.900 bits per heavy atom. The molecule has 0 bridgehead atoms. The summed E-state index contributed by atoms with van der Waals surface area (Å²) in [6.07, 6.45) is 0. The number of fused-ring (bicyclic) bond motifs is 2. The maximum absolute atomic E-state index is 13.0. The first kappa shape index (κ1) is 19.9. The van der Waals surface area contributed by atoms with Crippen LogP contribution in [-0.4, -0.2) is 25.1 Å². The molecule has 0 aliphatic carbocycles. The van der Waals surface area contributed by atoms with Crippen molar-refractivity contribution in [3.63, 3.8) is 0 Å². The van der Waals surface area contributed by atoms with Crippen LogP contribution in [0.2, 0.25) is 0 Å². The number of esters is 1. The largest absolute Gasteiger partial charge is 0.452 e. The fraction of sp³-hybridized carbons (Fsp3) is 0.0909. The minimum atomic E-state index is -3.00. The molecule has 30 heavy (non-hydrogen) atoms. The first-order valence-electron chi connectivity index (χ1n) is 8.94. The number of ether oxygens (including phenoxy) is 2. The van der Waals surface area contributed by atoms with Gasteiger partial charge in [0, 0.05) is 9.79 Å². The van der Waals surface area contributed by atoms with Gasteiger partial charge < -0.3 is 9.47 Å². The summed E-state index contributed by atoms with van der Waals surface area (Å²) in [6, 6.07) is 20.1. The van der Waals surface area contributed by atoms with Gasteiger partial charge in [-0.15, -0.1) is 0 Å². The zero-order valence-corrected chi connectivity index (χ0v) is 16.3. The third-order valence-corrected chi connectivity index (χ3v) is 5.43. The van der Waals surface area contributed by atoms with Crippen molar-refractivity contribution in [2.45, 2.75) is 16.4 Å².